The first-order valence-corrected chi connectivity index (χ1v) is 12.7. The van der Waals surface area contributed by atoms with Gasteiger partial charge in [-0.3, -0.25) is 9.56 Å². The largest absolute Gasteiger partial charge is 0.573 e. The quantitative estimate of drug-likeness (QED) is 0.157. The number of thiocarbonyl (C=S) groups is 1. The fourth-order valence-electron chi connectivity index (χ4n) is 4.25. The zero-order chi connectivity index (χ0) is 26.2. The summed E-state index contributed by atoms with van der Waals surface area (Å²) in [5, 5.41) is 1.01. The summed E-state index contributed by atoms with van der Waals surface area (Å²) in [4.78, 5) is 10.9. The molecule has 0 saturated heterocycles. The maximum Gasteiger partial charge on any atom is 0.573 e. The Balaban J connectivity index is 1.32. The number of benzene rings is 3. The molecule has 0 atom stereocenters. The van der Waals surface area contributed by atoms with Crippen LogP contribution in [0.2, 0.25) is 0 Å². The number of alkyl halides is 3. The number of nitrogens with zero attached hydrogens (tertiary/aromatic N) is 3. The van der Waals surface area contributed by atoms with E-state index in [0.29, 0.717) is 12.2 Å². The molecule has 0 amide bonds. The molecule has 5 rings (SSSR count). The van der Waals surface area contributed by atoms with Gasteiger partial charge in [-0.15, -0.1) is 24.5 Å². The molecule has 5 aromatic rings. The molecule has 0 unspecified atom stereocenters. The van der Waals surface area contributed by atoms with E-state index in [1.165, 1.54) is 28.8 Å². The Morgan fingerprint density at radius 1 is 1.08 bits per heavy atom. The normalized spacial score (nSPS) is 12.1. The summed E-state index contributed by atoms with van der Waals surface area (Å²) in [5.41, 5.74) is 6.25. The second-order valence-corrected chi connectivity index (χ2v) is 10.3. The van der Waals surface area contributed by atoms with Crippen LogP contribution >= 0.6 is 23.6 Å². The van der Waals surface area contributed by atoms with Crippen molar-refractivity contribution in [2.24, 2.45) is 4.99 Å². The molecule has 0 N–H and O–H groups in total. The number of imidazole rings is 1. The van der Waals surface area contributed by atoms with Gasteiger partial charge in [0.15, 0.2) is 0 Å². The number of ether oxygens (including phenoxy) is 1. The van der Waals surface area contributed by atoms with Gasteiger partial charge in [-0.25, -0.2) is 4.98 Å². The Morgan fingerprint density at radius 2 is 1.81 bits per heavy atom. The Morgan fingerprint density at radius 3 is 2.51 bits per heavy atom. The highest BCUT2D eigenvalue weighted by Gasteiger charge is 2.31. The SMILES string of the molecule is Cc1cccc(C)c1CC(=S)CN=Cc1ccc2c(c1)sc1c2ncn1-c1ccc(OC(F)(F)F)cc1. The third-order valence-corrected chi connectivity index (χ3v) is 7.48. The molecule has 188 valence electrons. The van der Waals surface area contributed by atoms with E-state index in [-0.39, 0.29) is 5.75 Å². The molecule has 0 spiro atoms. The van der Waals surface area contributed by atoms with Crippen molar-refractivity contribution in [2.45, 2.75) is 26.6 Å². The van der Waals surface area contributed by atoms with Gasteiger partial charge < -0.3 is 4.74 Å². The summed E-state index contributed by atoms with van der Waals surface area (Å²) >= 11 is 7.15. The standard InChI is InChI=1S/C28H22F3N3OS2/c1-17-4-3-5-18(2)24(17)13-22(36)15-32-14-19-6-11-23-25(12-19)37-27-26(23)33-16-34(27)20-7-9-21(10-8-20)35-28(29,30)31/h3-12,14,16H,13,15H2,1-2H3. The summed E-state index contributed by atoms with van der Waals surface area (Å²) < 4.78 is 44.2. The van der Waals surface area contributed by atoms with Gasteiger partial charge in [0.05, 0.1) is 6.54 Å². The van der Waals surface area contributed by atoms with E-state index < -0.39 is 6.36 Å². The number of aryl methyl sites for hydroxylation is 2. The predicted molar refractivity (Wildman–Crippen MR) is 148 cm³/mol. The fraction of sp³-hybridized carbons (Fsp3) is 0.179. The van der Waals surface area contributed by atoms with Crippen LogP contribution < -0.4 is 4.74 Å². The van der Waals surface area contributed by atoms with Crippen LogP contribution in [0.5, 0.6) is 5.75 Å². The number of fused-ring (bicyclic) bond motifs is 3. The van der Waals surface area contributed by atoms with Crippen LogP contribution in [0, 0.1) is 13.8 Å². The molecule has 0 aliphatic carbocycles. The van der Waals surface area contributed by atoms with Crippen molar-refractivity contribution in [3.05, 3.63) is 89.2 Å². The van der Waals surface area contributed by atoms with Crippen LogP contribution in [-0.2, 0) is 6.42 Å². The van der Waals surface area contributed by atoms with Crippen molar-refractivity contribution in [3.8, 4) is 11.4 Å². The van der Waals surface area contributed by atoms with Crippen molar-refractivity contribution in [1.82, 2.24) is 9.55 Å². The molecule has 2 aromatic heterocycles. The molecule has 3 aromatic carbocycles. The number of aromatic nitrogens is 2. The Kier molecular flexibility index (Phi) is 6.83. The van der Waals surface area contributed by atoms with Gasteiger partial charge in [0, 0.05) is 33.3 Å². The van der Waals surface area contributed by atoms with Crippen LogP contribution in [0.3, 0.4) is 0 Å². The molecule has 9 heteroatoms. The average Bonchev–Trinajstić information content (AvgIpc) is 3.40. The third kappa shape index (κ3) is 5.57. The summed E-state index contributed by atoms with van der Waals surface area (Å²) in [6.45, 7) is 4.68. The van der Waals surface area contributed by atoms with Gasteiger partial charge in [-0.2, -0.15) is 0 Å². The molecule has 2 heterocycles. The molecule has 37 heavy (non-hydrogen) atoms. The molecule has 0 bridgehead atoms. The maximum absolute atomic E-state index is 12.5. The maximum atomic E-state index is 12.5. The van der Waals surface area contributed by atoms with E-state index in [1.807, 2.05) is 22.9 Å². The number of thiophene rings is 1. The lowest BCUT2D eigenvalue weighted by molar-refractivity contribution is -0.274. The molecule has 0 radical (unpaired) electrons. The topological polar surface area (TPSA) is 39.4 Å². The van der Waals surface area contributed by atoms with Crippen LogP contribution in [0.4, 0.5) is 13.2 Å². The number of hydrogen-bond donors (Lipinski definition) is 0. The lowest BCUT2D eigenvalue weighted by Crippen LogP contribution is -2.17. The third-order valence-electron chi connectivity index (χ3n) is 6.07. The molecular weight excluding hydrogens is 515 g/mol. The van der Waals surface area contributed by atoms with Gasteiger partial charge in [0.2, 0.25) is 0 Å². The smallest absolute Gasteiger partial charge is 0.406 e. The fourth-order valence-corrected chi connectivity index (χ4v) is 5.66. The van der Waals surface area contributed by atoms with Gasteiger partial charge in [0.25, 0.3) is 0 Å². The first kappa shape index (κ1) is 25.1. The Hall–Kier alpha value is -3.56. The lowest BCUT2D eigenvalue weighted by atomic mass is 9.99. The first-order valence-electron chi connectivity index (χ1n) is 11.5. The van der Waals surface area contributed by atoms with Crippen molar-refractivity contribution >= 4 is 55.1 Å². The minimum atomic E-state index is -4.72. The lowest BCUT2D eigenvalue weighted by Gasteiger charge is -2.09. The number of aliphatic imine (C=N–C) groups is 1. The van der Waals surface area contributed by atoms with E-state index in [1.54, 1.807) is 29.8 Å². The Labute approximate surface area is 221 Å². The van der Waals surface area contributed by atoms with Gasteiger partial charge in [-0.1, -0.05) is 42.5 Å². The van der Waals surface area contributed by atoms with E-state index in [9.17, 15) is 13.2 Å². The van der Waals surface area contributed by atoms with Gasteiger partial charge in [0.1, 0.15) is 22.4 Å². The van der Waals surface area contributed by atoms with Crippen LogP contribution in [0.1, 0.15) is 22.3 Å². The van der Waals surface area contributed by atoms with Gasteiger partial charge >= 0.3 is 6.36 Å². The van der Waals surface area contributed by atoms with Crippen LogP contribution in [-0.4, -0.2) is 33.5 Å². The number of hydrogen-bond acceptors (Lipinski definition) is 5. The second-order valence-electron chi connectivity index (χ2n) is 8.72. The van der Waals surface area contributed by atoms with E-state index in [0.717, 1.165) is 37.3 Å². The summed E-state index contributed by atoms with van der Waals surface area (Å²) in [5.74, 6) is -0.263. The van der Waals surface area contributed by atoms with Crippen LogP contribution in [0.25, 0.3) is 26.1 Å². The highest BCUT2D eigenvalue weighted by atomic mass is 32.1. The average molecular weight is 538 g/mol. The van der Waals surface area contributed by atoms with E-state index >= 15 is 0 Å². The minimum Gasteiger partial charge on any atom is -0.406 e. The predicted octanol–water partition coefficient (Wildman–Crippen LogP) is 7.79. The first-order chi connectivity index (χ1) is 17.7. The molecule has 0 aliphatic rings. The summed E-state index contributed by atoms with van der Waals surface area (Å²) in [7, 11) is 0. The van der Waals surface area contributed by atoms with Crippen molar-refractivity contribution < 1.29 is 17.9 Å². The van der Waals surface area contributed by atoms with Crippen LogP contribution in [0.15, 0.2) is 72.0 Å². The molecular formula is C28H22F3N3OS2. The zero-order valence-corrected chi connectivity index (χ0v) is 21.7. The van der Waals surface area contributed by atoms with Gasteiger partial charge in [-0.05, 0) is 66.4 Å². The van der Waals surface area contributed by atoms with E-state index in [4.69, 9.17) is 12.2 Å². The highest BCUT2D eigenvalue weighted by molar-refractivity contribution is 7.80. The summed E-state index contributed by atoms with van der Waals surface area (Å²) in [6.07, 6.45) is -0.478. The molecule has 0 aliphatic heterocycles. The molecule has 0 fully saturated rings. The molecule has 0 saturated carbocycles. The monoisotopic (exact) mass is 537 g/mol. The number of halogens is 3. The summed E-state index contributed by atoms with van der Waals surface area (Å²) in [6, 6.07) is 18.1. The second kappa shape index (κ2) is 10.1. The van der Waals surface area contributed by atoms with Crippen molar-refractivity contribution in [1.29, 1.82) is 0 Å². The number of rotatable bonds is 7. The highest BCUT2D eigenvalue weighted by Crippen LogP contribution is 2.35. The Bertz CT molecular complexity index is 1610. The molecule has 4 nitrogen and oxygen atoms in total. The van der Waals surface area contributed by atoms with Crippen molar-refractivity contribution in [2.75, 3.05) is 6.54 Å². The zero-order valence-electron chi connectivity index (χ0n) is 20.0. The van der Waals surface area contributed by atoms with E-state index in [2.05, 4.69) is 52.8 Å². The minimum absolute atomic E-state index is 0.263. The van der Waals surface area contributed by atoms with Crippen molar-refractivity contribution in [3.63, 3.8) is 0 Å².